The van der Waals surface area contributed by atoms with E-state index >= 15 is 0 Å². The Balaban J connectivity index is 1.59. The molecular weight excluding hydrogens is 464 g/mol. The molecule has 8 nitrogen and oxygen atoms in total. The summed E-state index contributed by atoms with van der Waals surface area (Å²) in [6, 6.07) is 19.2. The first-order chi connectivity index (χ1) is 16.8. The van der Waals surface area contributed by atoms with Gasteiger partial charge < -0.3 is 21.5 Å². The van der Waals surface area contributed by atoms with E-state index in [1.807, 2.05) is 48.5 Å². The van der Waals surface area contributed by atoms with Gasteiger partial charge in [-0.3, -0.25) is 4.79 Å². The lowest BCUT2D eigenvalue weighted by Gasteiger charge is -2.28. The summed E-state index contributed by atoms with van der Waals surface area (Å²) in [6.07, 6.45) is 1.88. The lowest BCUT2D eigenvalue weighted by atomic mass is 9.96. The number of nitrogens with zero attached hydrogens (tertiary/aromatic N) is 1. The molecule has 0 fully saturated rings. The van der Waals surface area contributed by atoms with E-state index in [1.54, 1.807) is 12.1 Å². The lowest BCUT2D eigenvalue weighted by molar-refractivity contribution is 0.0945. The van der Waals surface area contributed by atoms with Crippen LogP contribution in [0.2, 0.25) is 0 Å². The standard InChI is InChI=1S/C26H30N4O4S/c1-35(33,34)30-13-11-23-21(17-30)3-2-4-25(23)29-22-10-9-20(16-27)24(15-22)18-5-7-19(8-6-18)26(32)28-12-14-31/h2-10,15,29,31H,11-14,16-17,27H2,1H3,(H,28,32). The Labute approximate surface area is 205 Å². The van der Waals surface area contributed by atoms with Crippen LogP contribution in [-0.4, -0.2) is 49.7 Å². The lowest BCUT2D eigenvalue weighted by Crippen LogP contribution is -2.35. The molecule has 0 bridgehead atoms. The van der Waals surface area contributed by atoms with E-state index in [0.29, 0.717) is 31.6 Å². The Morgan fingerprint density at radius 1 is 1.11 bits per heavy atom. The number of hydrogen-bond donors (Lipinski definition) is 4. The van der Waals surface area contributed by atoms with E-state index in [0.717, 1.165) is 39.2 Å². The van der Waals surface area contributed by atoms with E-state index in [1.165, 1.54) is 10.6 Å². The Kier molecular flexibility index (Phi) is 7.51. The van der Waals surface area contributed by atoms with E-state index in [2.05, 4.69) is 10.6 Å². The predicted molar refractivity (Wildman–Crippen MR) is 138 cm³/mol. The predicted octanol–water partition coefficient (Wildman–Crippen LogP) is 2.60. The van der Waals surface area contributed by atoms with E-state index in [4.69, 9.17) is 10.8 Å². The molecule has 0 saturated heterocycles. The van der Waals surface area contributed by atoms with Crippen molar-refractivity contribution in [1.29, 1.82) is 0 Å². The van der Waals surface area contributed by atoms with Crippen molar-refractivity contribution in [3.05, 3.63) is 82.9 Å². The van der Waals surface area contributed by atoms with Gasteiger partial charge in [0.15, 0.2) is 0 Å². The molecule has 0 atom stereocenters. The van der Waals surface area contributed by atoms with Crippen molar-refractivity contribution in [3.63, 3.8) is 0 Å². The molecule has 0 aromatic heterocycles. The normalized spacial score (nSPS) is 13.8. The molecule has 3 aromatic carbocycles. The fraction of sp³-hybridized carbons (Fsp3) is 0.269. The van der Waals surface area contributed by atoms with Crippen LogP contribution in [0.5, 0.6) is 0 Å². The van der Waals surface area contributed by atoms with Crippen molar-refractivity contribution >= 4 is 27.3 Å². The summed E-state index contributed by atoms with van der Waals surface area (Å²) in [5.74, 6) is -0.233. The zero-order valence-electron chi connectivity index (χ0n) is 19.6. The zero-order valence-corrected chi connectivity index (χ0v) is 20.4. The highest BCUT2D eigenvalue weighted by Gasteiger charge is 2.24. The van der Waals surface area contributed by atoms with Crippen LogP contribution in [0, 0.1) is 0 Å². The van der Waals surface area contributed by atoms with Crippen molar-refractivity contribution in [2.24, 2.45) is 5.73 Å². The van der Waals surface area contributed by atoms with Crippen LogP contribution in [0.1, 0.15) is 27.0 Å². The molecule has 5 N–H and O–H groups in total. The first kappa shape index (κ1) is 24.9. The smallest absolute Gasteiger partial charge is 0.251 e. The van der Waals surface area contributed by atoms with Crippen LogP contribution < -0.4 is 16.4 Å². The molecule has 9 heteroatoms. The Bertz CT molecular complexity index is 1320. The highest BCUT2D eigenvalue weighted by atomic mass is 32.2. The third-order valence-electron chi connectivity index (χ3n) is 6.16. The van der Waals surface area contributed by atoms with Gasteiger partial charge in [-0.2, -0.15) is 4.31 Å². The van der Waals surface area contributed by atoms with Gasteiger partial charge in [-0.15, -0.1) is 0 Å². The maximum atomic E-state index is 12.1. The Hall–Kier alpha value is -3.24. The quantitative estimate of drug-likeness (QED) is 0.382. The van der Waals surface area contributed by atoms with Gasteiger partial charge in [-0.05, 0) is 64.6 Å². The molecule has 4 rings (SSSR count). The summed E-state index contributed by atoms with van der Waals surface area (Å²) in [5.41, 5.74) is 13.4. The second kappa shape index (κ2) is 10.6. The molecule has 1 heterocycles. The van der Waals surface area contributed by atoms with Gasteiger partial charge in [-0.1, -0.05) is 30.3 Å². The molecule has 35 heavy (non-hydrogen) atoms. The molecule has 3 aromatic rings. The second-order valence-corrected chi connectivity index (χ2v) is 10.5. The van der Waals surface area contributed by atoms with Gasteiger partial charge in [0.05, 0.1) is 12.9 Å². The number of sulfonamides is 1. The number of amides is 1. The zero-order chi connectivity index (χ0) is 25.0. The summed E-state index contributed by atoms with van der Waals surface area (Å²) >= 11 is 0. The van der Waals surface area contributed by atoms with Gasteiger partial charge in [0, 0.05) is 43.1 Å². The highest BCUT2D eigenvalue weighted by Crippen LogP contribution is 2.32. The fourth-order valence-corrected chi connectivity index (χ4v) is 5.11. The van der Waals surface area contributed by atoms with Crippen molar-refractivity contribution in [2.75, 3.05) is 31.3 Å². The van der Waals surface area contributed by atoms with Crippen LogP contribution in [0.3, 0.4) is 0 Å². The maximum absolute atomic E-state index is 12.1. The largest absolute Gasteiger partial charge is 0.395 e. The number of nitrogens with two attached hydrogens (primary N) is 1. The van der Waals surface area contributed by atoms with Crippen molar-refractivity contribution < 1.29 is 18.3 Å². The van der Waals surface area contributed by atoms with Gasteiger partial charge in [-0.25, -0.2) is 8.42 Å². The molecular formula is C26H30N4O4S. The molecule has 0 radical (unpaired) electrons. The van der Waals surface area contributed by atoms with Crippen LogP contribution in [0.25, 0.3) is 11.1 Å². The van der Waals surface area contributed by atoms with Gasteiger partial charge in [0.25, 0.3) is 5.91 Å². The Morgan fingerprint density at radius 3 is 2.57 bits per heavy atom. The number of hydrogen-bond acceptors (Lipinski definition) is 6. The number of fused-ring (bicyclic) bond motifs is 1. The van der Waals surface area contributed by atoms with E-state index in [-0.39, 0.29) is 19.1 Å². The number of anilines is 2. The van der Waals surface area contributed by atoms with E-state index < -0.39 is 10.0 Å². The second-order valence-electron chi connectivity index (χ2n) is 8.55. The summed E-state index contributed by atoms with van der Waals surface area (Å²) in [7, 11) is -3.23. The average Bonchev–Trinajstić information content (AvgIpc) is 2.86. The highest BCUT2D eigenvalue weighted by molar-refractivity contribution is 7.88. The van der Waals surface area contributed by atoms with Gasteiger partial charge in [0.1, 0.15) is 0 Å². The molecule has 0 spiro atoms. The number of benzene rings is 3. The number of aliphatic hydroxyl groups excluding tert-OH is 1. The molecule has 1 amide bonds. The molecule has 0 aliphatic carbocycles. The minimum Gasteiger partial charge on any atom is -0.395 e. The van der Waals surface area contributed by atoms with Crippen molar-refractivity contribution in [2.45, 2.75) is 19.5 Å². The third kappa shape index (κ3) is 5.71. The first-order valence-corrected chi connectivity index (χ1v) is 13.3. The monoisotopic (exact) mass is 494 g/mol. The number of nitrogens with one attached hydrogen (secondary N) is 2. The molecule has 0 saturated carbocycles. The summed E-state index contributed by atoms with van der Waals surface area (Å²) in [6.45, 7) is 1.31. The SMILES string of the molecule is CS(=O)(=O)N1CCc2c(cccc2Nc2ccc(CN)c(-c3ccc(C(=O)NCCO)cc3)c2)C1. The van der Waals surface area contributed by atoms with Crippen molar-refractivity contribution in [1.82, 2.24) is 9.62 Å². The Morgan fingerprint density at radius 2 is 1.89 bits per heavy atom. The van der Waals surface area contributed by atoms with E-state index in [9.17, 15) is 13.2 Å². The number of carbonyl (C=O) groups is 1. The topological polar surface area (TPSA) is 125 Å². The number of carbonyl (C=O) groups excluding carboxylic acids is 1. The fourth-order valence-electron chi connectivity index (χ4n) is 4.31. The summed E-state index contributed by atoms with van der Waals surface area (Å²) in [4.78, 5) is 12.1. The molecule has 0 unspecified atom stereocenters. The number of rotatable bonds is 8. The first-order valence-electron chi connectivity index (χ1n) is 11.5. The van der Waals surface area contributed by atoms with Crippen LogP contribution in [-0.2, 0) is 29.5 Å². The molecule has 184 valence electrons. The van der Waals surface area contributed by atoms with Crippen LogP contribution >= 0.6 is 0 Å². The van der Waals surface area contributed by atoms with Gasteiger partial charge >= 0.3 is 0 Å². The molecule has 1 aliphatic heterocycles. The van der Waals surface area contributed by atoms with Crippen LogP contribution in [0.4, 0.5) is 11.4 Å². The average molecular weight is 495 g/mol. The maximum Gasteiger partial charge on any atom is 0.251 e. The minimum atomic E-state index is -3.23. The minimum absolute atomic E-state index is 0.107. The van der Waals surface area contributed by atoms with Crippen LogP contribution in [0.15, 0.2) is 60.7 Å². The third-order valence-corrected chi connectivity index (χ3v) is 7.41. The molecule has 1 aliphatic rings. The van der Waals surface area contributed by atoms with Gasteiger partial charge in [0.2, 0.25) is 10.0 Å². The summed E-state index contributed by atoms with van der Waals surface area (Å²) in [5, 5.41) is 15.0. The number of aliphatic hydroxyl groups is 1. The van der Waals surface area contributed by atoms with Crippen molar-refractivity contribution in [3.8, 4) is 11.1 Å². The summed E-state index contributed by atoms with van der Waals surface area (Å²) < 4.78 is 25.5.